The molecule has 0 fully saturated rings. The van der Waals surface area contributed by atoms with Crippen molar-refractivity contribution >= 4 is 5.97 Å². The largest absolute Gasteiger partial charge is 0.493 e. The van der Waals surface area contributed by atoms with E-state index in [4.69, 9.17) is 9.47 Å². The summed E-state index contributed by atoms with van der Waals surface area (Å²) < 4.78 is 12.6. The Hall–Kier alpha value is -2.56. The first-order valence-electron chi connectivity index (χ1n) is 8.31. The highest BCUT2D eigenvalue weighted by Gasteiger charge is 2.26. The molecule has 2 heterocycles. The minimum Gasteiger partial charge on any atom is -0.493 e. The molecule has 3 rings (SSSR count). The fraction of sp³-hybridized carbons (Fsp3) is 0.368. The van der Waals surface area contributed by atoms with Crippen LogP contribution >= 0.6 is 0 Å². The highest BCUT2D eigenvalue weighted by Crippen LogP contribution is 2.26. The second kappa shape index (κ2) is 7.34. The summed E-state index contributed by atoms with van der Waals surface area (Å²) >= 11 is 0. The molecule has 1 aromatic carbocycles. The zero-order valence-electron chi connectivity index (χ0n) is 13.8. The van der Waals surface area contributed by atoms with Crippen molar-refractivity contribution in [2.24, 2.45) is 0 Å². The lowest BCUT2D eigenvalue weighted by molar-refractivity contribution is 0.0502. The first kappa shape index (κ1) is 16.3. The molecule has 2 aromatic rings. The molecule has 0 saturated carbocycles. The number of rotatable bonds is 6. The van der Waals surface area contributed by atoms with Crippen molar-refractivity contribution in [2.75, 3.05) is 13.2 Å². The summed E-state index contributed by atoms with van der Waals surface area (Å²) in [5, 5.41) is 0. The summed E-state index contributed by atoms with van der Waals surface area (Å²) in [5.41, 5.74) is 2.13. The van der Waals surface area contributed by atoms with Gasteiger partial charge in [0.05, 0.1) is 13.2 Å². The van der Waals surface area contributed by atoms with Crippen LogP contribution in [0.4, 0.5) is 0 Å². The second-order valence-electron chi connectivity index (χ2n) is 5.73. The summed E-state index contributed by atoms with van der Waals surface area (Å²) in [7, 11) is 0. The Morgan fingerprint density at radius 1 is 1.25 bits per heavy atom. The van der Waals surface area contributed by atoms with Gasteiger partial charge in [0.25, 0.3) is 5.56 Å². The molecule has 0 saturated heterocycles. The molecule has 0 unspecified atom stereocenters. The topological polar surface area (TPSA) is 57.5 Å². The molecule has 1 aliphatic heterocycles. The van der Waals surface area contributed by atoms with Gasteiger partial charge in [-0.3, -0.25) is 4.79 Å². The third-order valence-corrected chi connectivity index (χ3v) is 4.15. The maximum atomic E-state index is 12.6. The number of fused-ring (bicyclic) bond motifs is 1. The van der Waals surface area contributed by atoms with Gasteiger partial charge >= 0.3 is 5.97 Å². The lowest BCUT2D eigenvalue weighted by Gasteiger charge is -2.14. The lowest BCUT2D eigenvalue weighted by atomic mass is 10.1. The molecular weight excluding hydrogens is 306 g/mol. The van der Waals surface area contributed by atoms with Gasteiger partial charge in [-0.1, -0.05) is 30.3 Å². The van der Waals surface area contributed by atoms with Crippen molar-refractivity contribution < 1.29 is 14.3 Å². The molecule has 5 nitrogen and oxygen atoms in total. The number of hydrogen-bond donors (Lipinski definition) is 0. The highest BCUT2D eigenvalue weighted by molar-refractivity contribution is 5.93. The maximum absolute atomic E-state index is 12.6. The van der Waals surface area contributed by atoms with Crippen LogP contribution in [0.5, 0.6) is 5.75 Å². The second-order valence-corrected chi connectivity index (χ2v) is 5.73. The normalized spacial score (nSPS) is 12.7. The van der Waals surface area contributed by atoms with Crippen LogP contribution in [0.3, 0.4) is 0 Å². The van der Waals surface area contributed by atoms with Gasteiger partial charge in [0, 0.05) is 24.7 Å². The fourth-order valence-electron chi connectivity index (χ4n) is 3.05. The molecule has 5 heteroatoms. The fourth-order valence-corrected chi connectivity index (χ4v) is 3.05. The Labute approximate surface area is 140 Å². The molecule has 0 radical (unpaired) electrons. The molecule has 0 N–H and O–H groups in total. The van der Waals surface area contributed by atoms with Crippen molar-refractivity contribution in [1.29, 1.82) is 0 Å². The molecule has 0 amide bonds. The van der Waals surface area contributed by atoms with Crippen LogP contribution in [-0.2, 0) is 24.1 Å². The van der Waals surface area contributed by atoms with Gasteiger partial charge in [-0.05, 0) is 25.3 Å². The first-order valence-corrected chi connectivity index (χ1v) is 8.31. The molecule has 24 heavy (non-hydrogen) atoms. The van der Waals surface area contributed by atoms with E-state index in [1.54, 1.807) is 4.57 Å². The van der Waals surface area contributed by atoms with E-state index in [1.165, 1.54) is 6.07 Å². The Kier molecular flexibility index (Phi) is 4.99. The minimum absolute atomic E-state index is 0.119. The van der Waals surface area contributed by atoms with Crippen LogP contribution in [0.2, 0.25) is 0 Å². The number of carbonyl (C=O) groups excluding carboxylic acids is 1. The van der Waals surface area contributed by atoms with E-state index in [9.17, 15) is 9.59 Å². The molecule has 0 atom stereocenters. The SMILES string of the molecule is CCOc1cc(=O)n2c(c1C(=O)OCCc1ccccc1)CCC2. The molecule has 0 bridgehead atoms. The third-order valence-electron chi connectivity index (χ3n) is 4.15. The Morgan fingerprint density at radius 3 is 2.79 bits per heavy atom. The summed E-state index contributed by atoms with van der Waals surface area (Å²) in [5.74, 6) is -0.0830. The van der Waals surface area contributed by atoms with Gasteiger partial charge in [-0.25, -0.2) is 4.79 Å². The average Bonchev–Trinajstić information content (AvgIpc) is 3.06. The number of aromatic nitrogens is 1. The maximum Gasteiger partial charge on any atom is 0.343 e. The van der Waals surface area contributed by atoms with E-state index >= 15 is 0 Å². The monoisotopic (exact) mass is 327 g/mol. The van der Waals surface area contributed by atoms with Gasteiger partial charge < -0.3 is 14.0 Å². The first-order chi connectivity index (χ1) is 11.7. The van der Waals surface area contributed by atoms with Crippen LogP contribution in [0.1, 0.15) is 35.0 Å². The van der Waals surface area contributed by atoms with E-state index in [-0.39, 0.29) is 5.56 Å². The number of ether oxygens (including phenoxy) is 2. The van der Waals surface area contributed by atoms with Crippen molar-refractivity contribution in [3.05, 3.63) is 63.6 Å². The standard InChI is InChI=1S/C19H21NO4/c1-2-23-16-13-17(21)20-11-6-9-15(20)18(16)19(22)24-12-10-14-7-4-3-5-8-14/h3-5,7-8,13H,2,6,9-12H2,1H3. The zero-order valence-corrected chi connectivity index (χ0v) is 13.8. The molecule has 1 aromatic heterocycles. The van der Waals surface area contributed by atoms with E-state index in [1.807, 2.05) is 37.3 Å². The van der Waals surface area contributed by atoms with E-state index in [0.717, 1.165) is 17.7 Å². The van der Waals surface area contributed by atoms with Crippen LogP contribution in [0.25, 0.3) is 0 Å². The molecule has 0 aliphatic carbocycles. The highest BCUT2D eigenvalue weighted by atomic mass is 16.5. The minimum atomic E-state index is -0.417. The zero-order chi connectivity index (χ0) is 16.9. The summed E-state index contributed by atoms with van der Waals surface area (Å²) in [6.07, 6.45) is 2.21. The van der Waals surface area contributed by atoms with Crippen molar-refractivity contribution in [3.63, 3.8) is 0 Å². The molecule has 1 aliphatic rings. The van der Waals surface area contributed by atoms with E-state index < -0.39 is 5.97 Å². The number of esters is 1. The van der Waals surface area contributed by atoms with Crippen LogP contribution in [-0.4, -0.2) is 23.8 Å². The Bertz CT molecular complexity index is 780. The van der Waals surface area contributed by atoms with Crippen LogP contribution < -0.4 is 10.3 Å². The third kappa shape index (κ3) is 3.35. The number of nitrogens with zero attached hydrogens (tertiary/aromatic N) is 1. The van der Waals surface area contributed by atoms with Gasteiger partial charge in [0.2, 0.25) is 0 Å². The average molecular weight is 327 g/mol. The number of pyridine rings is 1. The number of hydrogen-bond acceptors (Lipinski definition) is 4. The molecule has 0 spiro atoms. The summed E-state index contributed by atoms with van der Waals surface area (Å²) in [6.45, 7) is 3.17. The van der Waals surface area contributed by atoms with Gasteiger partial charge in [-0.15, -0.1) is 0 Å². The lowest BCUT2D eigenvalue weighted by Crippen LogP contribution is -2.23. The predicted octanol–water partition coefficient (Wildman–Crippen LogP) is 2.59. The summed E-state index contributed by atoms with van der Waals surface area (Å²) in [6, 6.07) is 11.3. The van der Waals surface area contributed by atoms with Crippen molar-refractivity contribution in [3.8, 4) is 5.75 Å². The van der Waals surface area contributed by atoms with Crippen LogP contribution in [0, 0.1) is 0 Å². The Morgan fingerprint density at radius 2 is 2.04 bits per heavy atom. The van der Waals surface area contributed by atoms with Crippen LogP contribution in [0.15, 0.2) is 41.2 Å². The number of carbonyl (C=O) groups is 1. The predicted molar refractivity (Wildman–Crippen MR) is 90.6 cm³/mol. The molecule has 126 valence electrons. The van der Waals surface area contributed by atoms with Gasteiger partial charge in [0.1, 0.15) is 11.3 Å². The smallest absolute Gasteiger partial charge is 0.343 e. The van der Waals surface area contributed by atoms with Gasteiger partial charge in [-0.2, -0.15) is 0 Å². The number of benzene rings is 1. The quantitative estimate of drug-likeness (QED) is 0.765. The van der Waals surface area contributed by atoms with E-state index in [0.29, 0.717) is 43.9 Å². The van der Waals surface area contributed by atoms with Crippen molar-refractivity contribution in [2.45, 2.75) is 32.7 Å². The van der Waals surface area contributed by atoms with E-state index in [2.05, 4.69) is 0 Å². The Balaban J connectivity index is 1.78. The summed E-state index contributed by atoms with van der Waals surface area (Å²) in [4.78, 5) is 24.7. The van der Waals surface area contributed by atoms with Gasteiger partial charge in [0.15, 0.2) is 0 Å². The van der Waals surface area contributed by atoms with Crippen molar-refractivity contribution in [1.82, 2.24) is 4.57 Å². The molecular formula is C19H21NO4.